The summed E-state index contributed by atoms with van der Waals surface area (Å²) in [6.45, 7) is 7.67. The number of aromatic nitrogens is 1. The second kappa shape index (κ2) is 6.05. The lowest BCUT2D eigenvalue weighted by molar-refractivity contribution is 0.226. The van der Waals surface area contributed by atoms with Crippen molar-refractivity contribution >= 4 is 0 Å². The average molecular weight is 285 g/mol. The molecular formula is C18H27N3. The zero-order valence-electron chi connectivity index (χ0n) is 13.0. The van der Waals surface area contributed by atoms with Gasteiger partial charge in [-0.3, -0.25) is 9.88 Å². The Morgan fingerprint density at radius 2 is 1.67 bits per heavy atom. The maximum Gasteiger partial charge on any atom is 0.0543 e. The smallest absolute Gasteiger partial charge is 0.0543 e. The number of fused-ring (bicyclic) bond motifs is 1. The summed E-state index contributed by atoms with van der Waals surface area (Å²) < 4.78 is 0. The Morgan fingerprint density at radius 1 is 0.952 bits per heavy atom. The van der Waals surface area contributed by atoms with E-state index in [2.05, 4.69) is 26.9 Å². The number of likely N-dealkylation sites (tertiary alicyclic amines) is 2. The molecule has 1 aromatic heterocycles. The van der Waals surface area contributed by atoms with E-state index in [9.17, 15) is 0 Å². The predicted octanol–water partition coefficient (Wildman–Crippen LogP) is 2.64. The average Bonchev–Trinajstić information content (AvgIpc) is 3.17. The van der Waals surface area contributed by atoms with Gasteiger partial charge in [0.15, 0.2) is 0 Å². The summed E-state index contributed by atoms with van der Waals surface area (Å²) in [5.74, 6) is 2.83. The maximum atomic E-state index is 4.47. The van der Waals surface area contributed by atoms with Gasteiger partial charge in [0.05, 0.1) is 5.69 Å². The second-order valence-corrected chi connectivity index (χ2v) is 7.40. The zero-order valence-corrected chi connectivity index (χ0v) is 13.0. The SMILES string of the molecule is c1ccc(CN2C[C@@H]3CN(CC4CCCC4)C[C@@H]3C2)nc1. The molecule has 3 aliphatic rings. The standard InChI is InChI=1S/C18H27N3/c1-2-6-15(5-1)9-20-10-16-12-21(13-17(16)11-20)14-18-7-3-4-8-19-18/h3-4,7-8,15-17H,1-2,5-6,9-14H2/t16-,17+. The molecule has 2 saturated heterocycles. The second-order valence-electron chi connectivity index (χ2n) is 7.40. The highest BCUT2D eigenvalue weighted by atomic mass is 15.2. The first-order valence-corrected chi connectivity index (χ1v) is 8.71. The third kappa shape index (κ3) is 3.14. The van der Waals surface area contributed by atoms with Gasteiger partial charge in [0.1, 0.15) is 0 Å². The van der Waals surface area contributed by atoms with Crippen LogP contribution in [0.3, 0.4) is 0 Å². The minimum atomic E-state index is 0.912. The monoisotopic (exact) mass is 285 g/mol. The number of rotatable bonds is 4. The van der Waals surface area contributed by atoms with Crippen LogP contribution in [0.25, 0.3) is 0 Å². The molecule has 0 radical (unpaired) electrons. The number of nitrogens with zero attached hydrogens (tertiary/aromatic N) is 3. The van der Waals surface area contributed by atoms with Crippen LogP contribution in [0.15, 0.2) is 24.4 Å². The molecule has 3 heterocycles. The van der Waals surface area contributed by atoms with Gasteiger partial charge in [-0.2, -0.15) is 0 Å². The van der Waals surface area contributed by atoms with E-state index in [1.54, 1.807) is 0 Å². The fraction of sp³-hybridized carbons (Fsp3) is 0.722. The quantitative estimate of drug-likeness (QED) is 0.848. The van der Waals surface area contributed by atoms with Gasteiger partial charge in [0, 0.05) is 45.5 Å². The molecule has 3 fully saturated rings. The number of hydrogen-bond donors (Lipinski definition) is 0. The summed E-state index contributed by atoms with van der Waals surface area (Å²) in [7, 11) is 0. The Labute approximate surface area is 128 Å². The van der Waals surface area contributed by atoms with Crippen molar-refractivity contribution in [3.05, 3.63) is 30.1 Å². The Morgan fingerprint density at radius 3 is 2.33 bits per heavy atom. The van der Waals surface area contributed by atoms with E-state index in [-0.39, 0.29) is 0 Å². The van der Waals surface area contributed by atoms with Gasteiger partial charge < -0.3 is 4.90 Å². The molecule has 0 aromatic carbocycles. The summed E-state index contributed by atoms with van der Waals surface area (Å²) in [5, 5.41) is 0. The third-order valence-corrected chi connectivity index (χ3v) is 5.74. The van der Waals surface area contributed by atoms with Crippen LogP contribution in [0.1, 0.15) is 31.4 Å². The fourth-order valence-corrected chi connectivity index (χ4v) is 4.74. The minimum absolute atomic E-state index is 0.912. The van der Waals surface area contributed by atoms with Crippen LogP contribution in [0.5, 0.6) is 0 Å². The first-order valence-electron chi connectivity index (χ1n) is 8.71. The Kier molecular flexibility index (Phi) is 3.95. The summed E-state index contributed by atoms with van der Waals surface area (Å²) >= 11 is 0. The molecule has 2 aliphatic heterocycles. The molecular weight excluding hydrogens is 258 g/mol. The molecule has 0 spiro atoms. The topological polar surface area (TPSA) is 19.4 Å². The Bertz CT molecular complexity index is 441. The van der Waals surface area contributed by atoms with Gasteiger partial charge in [0.2, 0.25) is 0 Å². The highest BCUT2D eigenvalue weighted by Gasteiger charge is 2.40. The predicted molar refractivity (Wildman–Crippen MR) is 84.9 cm³/mol. The molecule has 3 nitrogen and oxygen atoms in total. The Hall–Kier alpha value is -0.930. The van der Waals surface area contributed by atoms with Gasteiger partial charge in [-0.15, -0.1) is 0 Å². The van der Waals surface area contributed by atoms with Gasteiger partial charge >= 0.3 is 0 Å². The maximum absolute atomic E-state index is 4.47. The van der Waals surface area contributed by atoms with Crippen LogP contribution in [-0.2, 0) is 6.54 Å². The van der Waals surface area contributed by atoms with Crippen LogP contribution in [0.2, 0.25) is 0 Å². The van der Waals surface area contributed by atoms with Crippen LogP contribution in [0, 0.1) is 17.8 Å². The highest BCUT2D eigenvalue weighted by Crippen LogP contribution is 2.34. The van der Waals surface area contributed by atoms with Crippen LogP contribution >= 0.6 is 0 Å². The molecule has 0 unspecified atom stereocenters. The van der Waals surface area contributed by atoms with Gasteiger partial charge in [0.25, 0.3) is 0 Å². The van der Waals surface area contributed by atoms with Crippen molar-refractivity contribution in [3.63, 3.8) is 0 Å². The van der Waals surface area contributed by atoms with E-state index in [1.165, 1.54) is 64.1 Å². The van der Waals surface area contributed by atoms with Crippen molar-refractivity contribution in [3.8, 4) is 0 Å². The lowest BCUT2D eigenvalue weighted by Gasteiger charge is -2.23. The van der Waals surface area contributed by atoms with E-state index in [1.807, 2.05) is 12.3 Å². The van der Waals surface area contributed by atoms with Gasteiger partial charge in [-0.1, -0.05) is 18.9 Å². The molecule has 0 bridgehead atoms. The van der Waals surface area contributed by atoms with Crippen molar-refractivity contribution in [2.24, 2.45) is 17.8 Å². The Balaban J connectivity index is 1.27. The van der Waals surface area contributed by atoms with Crippen molar-refractivity contribution in [1.29, 1.82) is 0 Å². The molecule has 4 rings (SSSR count). The molecule has 21 heavy (non-hydrogen) atoms. The van der Waals surface area contributed by atoms with E-state index in [4.69, 9.17) is 0 Å². The third-order valence-electron chi connectivity index (χ3n) is 5.74. The van der Waals surface area contributed by atoms with Crippen molar-refractivity contribution in [1.82, 2.24) is 14.8 Å². The van der Waals surface area contributed by atoms with E-state index < -0.39 is 0 Å². The molecule has 0 amide bonds. The summed E-state index contributed by atoms with van der Waals surface area (Å²) in [5.41, 5.74) is 1.22. The molecule has 1 aliphatic carbocycles. The first-order chi connectivity index (χ1) is 10.4. The van der Waals surface area contributed by atoms with Crippen molar-refractivity contribution < 1.29 is 0 Å². The molecule has 1 aromatic rings. The summed E-state index contributed by atoms with van der Waals surface area (Å²) in [4.78, 5) is 9.85. The molecule has 1 saturated carbocycles. The lowest BCUT2D eigenvalue weighted by atomic mass is 10.0. The van der Waals surface area contributed by atoms with Crippen molar-refractivity contribution in [2.75, 3.05) is 32.7 Å². The number of hydrogen-bond acceptors (Lipinski definition) is 3. The zero-order chi connectivity index (χ0) is 14.1. The molecule has 2 atom stereocenters. The largest absolute Gasteiger partial charge is 0.302 e. The van der Waals surface area contributed by atoms with E-state index >= 15 is 0 Å². The van der Waals surface area contributed by atoms with Gasteiger partial charge in [-0.25, -0.2) is 0 Å². The van der Waals surface area contributed by atoms with E-state index in [0.29, 0.717) is 0 Å². The van der Waals surface area contributed by atoms with E-state index in [0.717, 1.165) is 24.3 Å². The summed E-state index contributed by atoms with van der Waals surface area (Å²) in [6, 6.07) is 6.26. The van der Waals surface area contributed by atoms with Crippen LogP contribution < -0.4 is 0 Å². The highest BCUT2D eigenvalue weighted by molar-refractivity contribution is 5.04. The summed E-state index contributed by atoms with van der Waals surface area (Å²) in [6.07, 6.45) is 7.83. The van der Waals surface area contributed by atoms with Crippen LogP contribution in [-0.4, -0.2) is 47.5 Å². The van der Waals surface area contributed by atoms with Gasteiger partial charge in [-0.05, 0) is 42.7 Å². The molecule has 114 valence electrons. The first kappa shape index (κ1) is 13.7. The normalized spacial score (nSPS) is 31.0. The minimum Gasteiger partial charge on any atom is -0.302 e. The fourth-order valence-electron chi connectivity index (χ4n) is 4.74. The van der Waals surface area contributed by atoms with Crippen molar-refractivity contribution in [2.45, 2.75) is 32.2 Å². The molecule has 3 heteroatoms. The lowest BCUT2D eigenvalue weighted by Crippen LogP contribution is -2.31. The number of pyridine rings is 1. The van der Waals surface area contributed by atoms with Crippen LogP contribution in [0.4, 0.5) is 0 Å². The molecule has 0 N–H and O–H groups in total.